The fourth-order valence-electron chi connectivity index (χ4n) is 3.33. The Bertz CT molecular complexity index is 1090. The Morgan fingerprint density at radius 1 is 1.13 bits per heavy atom. The Labute approximate surface area is 175 Å². The van der Waals surface area contributed by atoms with Crippen molar-refractivity contribution in [3.05, 3.63) is 59.7 Å². The summed E-state index contributed by atoms with van der Waals surface area (Å²) < 4.78 is 27.3. The maximum atomic E-state index is 12.9. The maximum absolute atomic E-state index is 12.9. The van der Waals surface area contributed by atoms with Crippen LogP contribution in [0.15, 0.2) is 53.4 Å². The molecule has 156 valence electrons. The molecule has 2 aromatic rings. The SMILES string of the molecule is Cc1ccc(S(=O)(=O)N2CCC[C@@H]2CNC(=O)C(=O)Nc2ccccc2C#N)cc1. The van der Waals surface area contributed by atoms with Crippen molar-refractivity contribution in [2.24, 2.45) is 0 Å². The number of amides is 2. The highest BCUT2D eigenvalue weighted by Crippen LogP contribution is 2.26. The molecule has 1 aliphatic heterocycles. The van der Waals surface area contributed by atoms with Crippen molar-refractivity contribution >= 4 is 27.5 Å². The van der Waals surface area contributed by atoms with Crippen LogP contribution in [0.3, 0.4) is 0 Å². The summed E-state index contributed by atoms with van der Waals surface area (Å²) in [4.78, 5) is 24.6. The van der Waals surface area contributed by atoms with Crippen LogP contribution < -0.4 is 10.6 Å². The third-order valence-corrected chi connectivity index (χ3v) is 6.92. The lowest BCUT2D eigenvalue weighted by atomic mass is 10.2. The molecule has 30 heavy (non-hydrogen) atoms. The number of aryl methyl sites for hydroxylation is 1. The highest BCUT2D eigenvalue weighted by Gasteiger charge is 2.35. The molecule has 0 bridgehead atoms. The molecule has 3 rings (SSSR count). The minimum Gasteiger partial charge on any atom is -0.346 e. The van der Waals surface area contributed by atoms with Crippen LogP contribution in [0.2, 0.25) is 0 Å². The van der Waals surface area contributed by atoms with Gasteiger partial charge in [-0.05, 0) is 44.0 Å². The van der Waals surface area contributed by atoms with Gasteiger partial charge in [0, 0.05) is 19.1 Å². The van der Waals surface area contributed by atoms with E-state index >= 15 is 0 Å². The number of benzene rings is 2. The van der Waals surface area contributed by atoms with E-state index in [2.05, 4.69) is 10.6 Å². The summed E-state index contributed by atoms with van der Waals surface area (Å²) in [5.41, 5.74) is 1.44. The molecule has 1 fully saturated rings. The third kappa shape index (κ3) is 4.67. The van der Waals surface area contributed by atoms with E-state index in [1.165, 1.54) is 16.4 Å². The maximum Gasteiger partial charge on any atom is 0.313 e. The van der Waals surface area contributed by atoms with E-state index in [-0.39, 0.29) is 22.7 Å². The lowest BCUT2D eigenvalue weighted by Crippen LogP contribution is -2.45. The molecule has 9 heteroatoms. The number of hydrogen-bond donors (Lipinski definition) is 2. The van der Waals surface area contributed by atoms with Gasteiger partial charge in [-0.25, -0.2) is 8.42 Å². The number of carbonyl (C=O) groups is 2. The molecular formula is C21H22N4O4S. The number of nitrogens with zero attached hydrogens (tertiary/aromatic N) is 2. The normalized spacial score (nSPS) is 16.6. The summed E-state index contributed by atoms with van der Waals surface area (Å²) in [6.07, 6.45) is 1.26. The van der Waals surface area contributed by atoms with E-state index in [0.717, 1.165) is 5.56 Å². The van der Waals surface area contributed by atoms with Crippen LogP contribution in [0.4, 0.5) is 5.69 Å². The Kier molecular flexibility index (Phi) is 6.50. The predicted molar refractivity (Wildman–Crippen MR) is 111 cm³/mol. The summed E-state index contributed by atoms with van der Waals surface area (Å²) in [7, 11) is -3.68. The molecule has 0 aromatic heterocycles. The van der Waals surface area contributed by atoms with Crippen molar-refractivity contribution in [1.82, 2.24) is 9.62 Å². The van der Waals surface area contributed by atoms with Crippen molar-refractivity contribution in [1.29, 1.82) is 5.26 Å². The molecule has 8 nitrogen and oxygen atoms in total. The van der Waals surface area contributed by atoms with Gasteiger partial charge in [0.1, 0.15) is 6.07 Å². The molecular weight excluding hydrogens is 404 g/mol. The summed E-state index contributed by atoms with van der Waals surface area (Å²) in [5, 5.41) is 14.0. The van der Waals surface area contributed by atoms with Gasteiger partial charge in [-0.2, -0.15) is 9.57 Å². The number of nitrogens with one attached hydrogen (secondary N) is 2. The zero-order valence-electron chi connectivity index (χ0n) is 16.5. The van der Waals surface area contributed by atoms with Gasteiger partial charge in [0.2, 0.25) is 10.0 Å². The number of hydrogen-bond acceptors (Lipinski definition) is 5. The van der Waals surface area contributed by atoms with Crippen LogP contribution >= 0.6 is 0 Å². The number of carbonyl (C=O) groups excluding carboxylic acids is 2. The van der Waals surface area contributed by atoms with Crippen LogP contribution in [0.5, 0.6) is 0 Å². The first-order valence-electron chi connectivity index (χ1n) is 9.50. The van der Waals surface area contributed by atoms with Gasteiger partial charge in [-0.15, -0.1) is 0 Å². The highest BCUT2D eigenvalue weighted by atomic mass is 32.2. The molecule has 2 amide bonds. The average molecular weight is 426 g/mol. The standard InChI is InChI=1S/C21H22N4O4S/c1-15-8-10-18(11-9-15)30(28,29)25-12-4-6-17(25)14-23-20(26)21(27)24-19-7-3-2-5-16(19)13-22/h2-3,5,7-11,17H,4,6,12,14H2,1H3,(H,23,26)(H,24,27)/t17-/m1/s1. The quantitative estimate of drug-likeness (QED) is 0.706. The van der Waals surface area contributed by atoms with Gasteiger partial charge in [0.25, 0.3) is 0 Å². The van der Waals surface area contributed by atoms with Crippen LogP contribution in [0.25, 0.3) is 0 Å². The van der Waals surface area contributed by atoms with Gasteiger partial charge in [-0.3, -0.25) is 9.59 Å². The highest BCUT2D eigenvalue weighted by molar-refractivity contribution is 7.89. The zero-order chi connectivity index (χ0) is 21.7. The van der Waals surface area contributed by atoms with E-state index < -0.39 is 27.9 Å². The minimum absolute atomic E-state index is 0.0250. The summed E-state index contributed by atoms with van der Waals surface area (Å²) in [6.45, 7) is 2.26. The summed E-state index contributed by atoms with van der Waals surface area (Å²) in [5.74, 6) is -1.80. The fraction of sp³-hybridized carbons (Fsp3) is 0.286. The lowest BCUT2D eigenvalue weighted by Gasteiger charge is -2.24. The fourth-order valence-corrected chi connectivity index (χ4v) is 5.03. The summed E-state index contributed by atoms with van der Waals surface area (Å²) >= 11 is 0. The molecule has 0 saturated carbocycles. The topological polar surface area (TPSA) is 119 Å². The first kappa shape index (κ1) is 21.5. The molecule has 2 aromatic carbocycles. The van der Waals surface area contributed by atoms with Gasteiger partial charge >= 0.3 is 11.8 Å². The zero-order valence-corrected chi connectivity index (χ0v) is 17.3. The Balaban J connectivity index is 1.63. The van der Waals surface area contributed by atoms with Gasteiger partial charge in [0.15, 0.2) is 0 Å². The second-order valence-electron chi connectivity index (χ2n) is 7.05. The smallest absolute Gasteiger partial charge is 0.313 e. The van der Waals surface area contributed by atoms with E-state index in [1.807, 2.05) is 13.0 Å². The van der Waals surface area contributed by atoms with Gasteiger partial charge < -0.3 is 10.6 Å². The first-order valence-corrected chi connectivity index (χ1v) is 10.9. The number of sulfonamides is 1. The van der Waals surface area contributed by atoms with Gasteiger partial charge in [0.05, 0.1) is 16.1 Å². The number of para-hydroxylation sites is 1. The molecule has 0 aliphatic carbocycles. The van der Waals surface area contributed by atoms with Crippen LogP contribution in [0.1, 0.15) is 24.0 Å². The van der Waals surface area contributed by atoms with Crippen molar-refractivity contribution in [2.75, 3.05) is 18.4 Å². The molecule has 2 N–H and O–H groups in total. The van der Waals surface area contributed by atoms with Crippen molar-refractivity contribution in [3.63, 3.8) is 0 Å². The molecule has 1 saturated heterocycles. The van der Waals surface area contributed by atoms with E-state index in [4.69, 9.17) is 5.26 Å². The second-order valence-corrected chi connectivity index (χ2v) is 8.94. The third-order valence-electron chi connectivity index (χ3n) is 4.95. The molecule has 0 unspecified atom stereocenters. The van der Waals surface area contributed by atoms with Crippen molar-refractivity contribution in [3.8, 4) is 6.07 Å². The minimum atomic E-state index is -3.68. The predicted octanol–water partition coefficient (Wildman–Crippen LogP) is 1.77. The first-order chi connectivity index (χ1) is 14.3. The van der Waals surface area contributed by atoms with Crippen LogP contribution in [-0.2, 0) is 19.6 Å². The summed E-state index contributed by atoms with van der Waals surface area (Å²) in [6, 6.07) is 14.5. The molecule has 0 spiro atoms. The van der Waals surface area contributed by atoms with Gasteiger partial charge in [-0.1, -0.05) is 29.8 Å². The molecule has 1 atom stereocenters. The molecule has 1 heterocycles. The van der Waals surface area contributed by atoms with E-state index in [0.29, 0.717) is 19.4 Å². The van der Waals surface area contributed by atoms with Crippen molar-refractivity contribution in [2.45, 2.75) is 30.7 Å². The second kappa shape index (κ2) is 9.07. The average Bonchev–Trinajstić information content (AvgIpc) is 3.22. The number of rotatable bonds is 5. The lowest BCUT2D eigenvalue weighted by molar-refractivity contribution is -0.136. The van der Waals surface area contributed by atoms with Crippen LogP contribution in [-0.4, -0.2) is 43.7 Å². The molecule has 1 aliphatic rings. The monoisotopic (exact) mass is 426 g/mol. The van der Waals surface area contributed by atoms with E-state index in [1.54, 1.807) is 36.4 Å². The molecule has 0 radical (unpaired) electrons. The largest absolute Gasteiger partial charge is 0.346 e. The Morgan fingerprint density at radius 3 is 2.53 bits per heavy atom. The van der Waals surface area contributed by atoms with Crippen LogP contribution in [0, 0.1) is 18.3 Å². The van der Waals surface area contributed by atoms with E-state index in [9.17, 15) is 18.0 Å². The number of anilines is 1. The Hall–Kier alpha value is -3.22. The number of nitriles is 1. The van der Waals surface area contributed by atoms with Crippen molar-refractivity contribution < 1.29 is 18.0 Å². The Morgan fingerprint density at radius 2 is 1.83 bits per heavy atom.